The Bertz CT molecular complexity index is 808. The molecule has 1 aromatic carbocycles. The maximum atomic E-state index is 12.5. The molecule has 4 rings (SSSR count). The van der Waals surface area contributed by atoms with Crippen molar-refractivity contribution in [2.45, 2.75) is 12.8 Å². The Morgan fingerprint density at radius 3 is 2.31 bits per heavy atom. The molecule has 0 saturated carbocycles. The monoisotopic (exact) mass is 414 g/mol. The summed E-state index contributed by atoms with van der Waals surface area (Å²) in [6.45, 7) is 4.68. The number of ether oxygens (including phenoxy) is 2. The molecule has 0 bridgehead atoms. The molecule has 0 aliphatic carbocycles. The van der Waals surface area contributed by atoms with E-state index in [-0.39, 0.29) is 11.8 Å². The highest BCUT2D eigenvalue weighted by Gasteiger charge is 2.24. The number of morpholine rings is 1. The average Bonchev–Trinajstić information content (AvgIpc) is 3.33. The Morgan fingerprint density at radius 2 is 1.66 bits per heavy atom. The van der Waals surface area contributed by atoms with E-state index in [0.29, 0.717) is 44.4 Å². The summed E-state index contributed by atoms with van der Waals surface area (Å²) in [7, 11) is 0. The fraction of sp³-hybridized carbons (Fsp3) is 0.455. The summed E-state index contributed by atoms with van der Waals surface area (Å²) >= 11 is 1.50. The van der Waals surface area contributed by atoms with E-state index >= 15 is 0 Å². The first-order valence-corrected chi connectivity index (χ1v) is 11.0. The molecule has 1 aromatic heterocycles. The van der Waals surface area contributed by atoms with Gasteiger partial charge < -0.3 is 19.3 Å². The number of likely N-dealkylation sites (tertiary alicyclic amines) is 1. The van der Waals surface area contributed by atoms with Gasteiger partial charge in [0.05, 0.1) is 24.7 Å². The lowest BCUT2D eigenvalue weighted by molar-refractivity contribution is 0.0303. The van der Waals surface area contributed by atoms with E-state index in [9.17, 15) is 9.59 Å². The highest BCUT2D eigenvalue weighted by Crippen LogP contribution is 2.22. The van der Waals surface area contributed by atoms with Crippen molar-refractivity contribution in [1.82, 2.24) is 9.80 Å². The maximum Gasteiger partial charge on any atom is 0.263 e. The van der Waals surface area contributed by atoms with Crippen molar-refractivity contribution < 1.29 is 19.1 Å². The van der Waals surface area contributed by atoms with Crippen LogP contribution in [-0.4, -0.2) is 67.6 Å². The molecule has 6 nitrogen and oxygen atoms in total. The van der Waals surface area contributed by atoms with Gasteiger partial charge in [0.2, 0.25) is 0 Å². The van der Waals surface area contributed by atoms with Crippen LogP contribution in [0.1, 0.15) is 32.9 Å². The van der Waals surface area contributed by atoms with E-state index in [1.807, 2.05) is 51.6 Å². The van der Waals surface area contributed by atoms with Gasteiger partial charge in [-0.25, -0.2) is 0 Å². The lowest BCUT2D eigenvalue weighted by Gasteiger charge is -2.31. The topological polar surface area (TPSA) is 59.1 Å². The zero-order valence-electron chi connectivity index (χ0n) is 16.4. The van der Waals surface area contributed by atoms with Gasteiger partial charge in [0.1, 0.15) is 5.75 Å². The zero-order chi connectivity index (χ0) is 20.1. The average molecular weight is 415 g/mol. The minimum atomic E-state index is 0.0441. The van der Waals surface area contributed by atoms with E-state index in [0.717, 1.165) is 36.6 Å². The predicted octanol–water partition coefficient (Wildman–Crippen LogP) is 3.15. The molecular formula is C22H26N2O4S. The Hall–Kier alpha value is -2.38. The van der Waals surface area contributed by atoms with E-state index < -0.39 is 0 Å². The molecule has 3 heterocycles. The van der Waals surface area contributed by atoms with E-state index in [1.165, 1.54) is 11.3 Å². The first-order valence-electron chi connectivity index (χ1n) is 10.1. The molecule has 0 spiro atoms. The summed E-state index contributed by atoms with van der Waals surface area (Å²) in [4.78, 5) is 29.5. The van der Waals surface area contributed by atoms with Gasteiger partial charge in [-0.05, 0) is 54.5 Å². The van der Waals surface area contributed by atoms with Crippen LogP contribution in [0.2, 0.25) is 0 Å². The molecule has 2 amide bonds. The predicted molar refractivity (Wildman–Crippen MR) is 112 cm³/mol. The van der Waals surface area contributed by atoms with Gasteiger partial charge in [0.15, 0.2) is 0 Å². The van der Waals surface area contributed by atoms with Crippen LogP contribution in [0.15, 0.2) is 41.8 Å². The van der Waals surface area contributed by atoms with Crippen LogP contribution in [0.4, 0.5) is 0 Å². The van der Waals surface area contributed by atoms with Gasteiger partial charge in [-0.3, -0.25) is 9.59 Å². The summed E-state index contributed by atoms with van der Waals surface area (Å²) in [5.74, 6) is 1.40. The van der Waals surface area contributed by atoms with Crippen LogP contribution in [0, 0.1) is 5.92 Å². The number of nitrogens with zero attached hydrogens (tertiary/aromatic N) is 2. The molecule has 0 unspecified atom stereocenters. The SMILES string of the molecule is O=C(c1ccc(OCC2CCN(C(=O)c3cccs3)CC2)cc1)N1CCOCC1. The van der Waals surface area contributed by atoms with E-state index in [4.69, 9.17) is 9.47 Å². The first-order chi connectivity index (χ1) is 14.2. The summed E-state index contributed by atoms with van der Waals surface area (Å²) in [5, 5.41) is 1.94. The number of carbonyl (C=O) groups excluding carboxylic acids is 2. The largest absolute Gasteiger partial charge is 0.493 e. The van der Waals surface area contributed by atoms with Gasteiger partial charge in [0.25, 0.3) is 11.8 Å². The number of amides is 2. The molecule has 2 aliphatic heterocycles. The van der Waals surface area contributed by atoms with E-state index in [2.05, 4.69) is 0 Å². The van der Waals surface area contributed by atoms with Crippen molar-refractivity contribution in [3.8, 4) is 5.75 Å². The number of piperidine rings is 1. The number of benzene rings is 1. The van der Waals surface area contributed by atoms with Crippen molar-refractivity contribution in [2.24, 2.45) is 5.92 Å². The Kier molecular flexibility index (Phi) is 6.46. The normalized spacial score (nSPS) is 17.9. The lowest BCUT2D eigenvalue weighted by atomic mass is 9.97. The summed E-state index contributed by atoms with van der Waals surface area (Å²) in [5.41, 5.74) is 0.680. The van der Waals surface area contributed by atoms with Gasteiger partial charge in [0, 0.05) is 31.7 Å². The summed E-state index contributed by atoms with van der Waals surface area (Å²) in [6.07, 6.45) is 1.90. The van der Waals surface area contributed by atoms with Crippen LogP contribution >= 0.6 is 11.3 Å². The molecular weight excluding hydrogens is 388 g/mol. The Morgan fingerprint density at radius 1 is 0.966 bits per heavy atom. The minimum Gasteiger partial charge on any atom is -0.493 e. The lowest BCUT2D eigenvalue weighted by Crippen LogP contribution is -2.40. The van der Waals surface area contributed by atoms with Crippen LogP contribution in [0.25, 0.3) is 0 Å². The van der Waals surface area contributed by atoms with Crippen LogP contribution in [0.5, 0.6) is 5.75 Å². The van der Waals surface area contributed by atoms with Crippen molar-refractivity contribution in [3.05, 3.63) is 52.2 Å². The van der Waals surface area contributed by atoms with Gasteiger partial charge >= 0.3 is 0 Å². The van der Waals surface area contributed by atoms with Crippen LogP contribution < -0.4 is 4.74 Å². The zero-order valence-corrected chi connectivity index (χ0v) is 17.2. The number of hydrogen-bond donors (Lipinski definition) is 0. The van der Waals surface area contributed by atoms with Crippen molar-refractivity contribution >= 4 is 23.2 Å². The molecule has 2 saturated heterocycles. The minimum absolute atomic E-state index is 0.0441. The molecule has 7 heteroatoms. The fourth-order valence-electron chi connectivity index (χ4n) is 3.72. The molecule has 0 N–H and O–H groups in total. The van der Waals surface area contributed by atoms with Crippen molar-refractivity contribution in [3.63, 3.8) is 0 Å². The van der Waals surface area contributed by atoms with Crippen LogP contribution in [-0.2, 0) is 4.74 Å². The van der Waals surface area contributed by atoms with Crippen LogP contribution in [0.3, 0.4) is 0 Å². The molecule has 2 fully saturated rings. The molecule has 154 valence electrons. The number of rotatable bonds is 5. The van der Waals surface area contributed by atoms with Gasteiger partial charge in [-0.2, -0.15) is 0 Å². The van der Waals surface area contributed by atoms with Crippen molar-refractivity contribution in [2.75, 3.05) is 46.0 Å². The third-order valence-corrected chi connectivity index (χ3v) is 6.38. The first kappa shape index (κ1) is 19.9. The molecule has 2 aromatic rings. The summed E-state index contributed by atoms with van der Waals surface area (Å²) < 4.78 is 11.2. The molecule has 2 aliphatic rings. The van der Waals surface area contributed by atoms with E-state index in [1.54, 1.807) is 0 Å². The second-order valence-corrected chi connectivity index (χ2v) is 8.40. The number of carbonyl (C=O) groups is 2. The Balaban J connectivity index is 1.22. The smallest absolute Gasteiger partial charge is 0.263 e. The second kappa shape index (κ2) is 9.41. The molecule has 0 atom stereocenters. The standard InChI is InChI=1S/C22H26N2O4S/c25-21(24-11-13-27-14-12-24)18-3-5-19(6-4-18)28-16-17-7-9-23(10-8-17)22(26)20-2-1-15-29-20/h1-6,15,17H,7-14,16H2. The summed E-state index contributed by atoms with van der Waals surface area (Å²) in [6, 6.07) is 11.2. The molecule has 0 radical (unpaired) electrons. The Labute approximate surface area is 175 Å². The van der Waals surface area contributed by atoms with Crippen molar-refractivity contribution in [1.29, 1.82) is 0 Å². The highest BCUT2D eigenvalue weighted by molar-refractivity contribution is 7.12. The third kappa shape index (κ3) is 4.97. The number of thiophene rings is 1. The highest BCUT2D eigenvalue weighted by atomic mass is 32.1. The molecule has 29 heavy (non-hydrogen) atoms. The quantitative estimate of drug-likeness (QED) is 0.754. The number of hydrogen-bond acceptors (Lipinski definition) is 5. The maximum absolute atomic E-state index is 12.5. The fourth-order valence-corrected chi connectivity index (χ4v) is 4.41. The van der Waals surface area contributed by atoms with Gasteiger partial charge in [-0.15, -0.1) is 11.3 Å². The second-order valence-electron chi connectivity index (χ2n) is 7.45. The third-order valence-electron chi connectivity index (χ3n) is 5.52. The van der Waals surface area contributed by atoms with Gasteiger partial charge in [-0.1, -0.05) is 6.07 Å².